The first-order valence-electron chi connectivity index (χ1n) is 11.1. The summed E-state index contributed by atoms with van der Waals surface area (Å²) >= 11 is 0. The molecular weight excluding hydrogens is 468 g/mol. The molecule has 3 aromatic rings. The quantitative estimate of drug-likeness (QED) is 0.497. The molecule has 0 saturated carbocycles. The molecule has 4 rings (SSSR count). The maximum Gasteiger partial charge on any atom is 0.265 e. The number of para-hydroxylation sites is 2. The monoisotopic (exact) mass is 496 g/mol. The smallest absolute Gasteiger partial charge is 0.265 e. The zero-order chi connectivity index (χ0) is 25.2. The second-order valence-electron chi connectivity index (χ2n) is 8.31. The van der Waals surface area contributed by atoms with Gasteiger partial charge in [-0.2, -0.15) is 0 Å². The van der Waals surface area contributed by atoms with E-state index in [1.54, 1.807) is 81.9 Å². The Balaban J connectivity index is 1.60. The van der Waals surface area contributed by atoms with Gasteiger partial charge in [0.2, 0.25) is 0 Å². The molecule has 1 unspecified atom stereocenters. The molecule has 1 amide bonds. The Morgan fingerprint density at radius 1 is 1.03 bits per heavy atom. The third kappa shape index (κ3) is 4.90. The van der Waals surface area contributed by atoms with Crippen molar-refractivity contribution in [2.24, 2.45) is 0 Å². The Labute approximate surface area is 205 Å². The van der Waals surface area contributed by atoms with E-state index in [1.165, 1.54) is 9.21 Å². The SMILES string of the molecule is COc1ccc(CN(C)C(=O)C2CN(S(=O)(=O)c3ccc(C)cc3)c3ccccc3O2)cc1OC. The predicted octanol–water partition coefficient (Wildman–Crippen LogP) is 3.63. The average Bonchev–Trinajstić information content (AvgIpc) is 2.87. The first kappa shape index (κ1) is 24.4. The predicted molar refractivity (Wildman–Crippen MR) is 133 cm³/mol. The van der Waals surface area contributed by atoms with Crippen LogP contribution < -0.4 is 18.5 Å². The Bertz CT molecular complexity index is 1320. The van der Waals surface area contributed by atoms with E-state index in [4.69, 9.17) is 14.2 Å². The molecule has 1 aliphatic rings. The second-order valence-corrected chi connectivity index (χ2v) is 10.2. The molecule has 1 aliphatic heterocycles. The van der Waals surface area contributed by atoms with Crippen molar-refractivity contribution in [1.82, 2.24) is 4.90 Å². The number of ether oxygens (including phenoxy) is 3. The average molecular weight is 497 g/mol. The van der Waals surface area contributed by atoms with Crippen LogP contribution in [-0.2, 0) is 21.4 Å². The highest BCUT2D eigenvalue weighted by Crippen LogP contribution is 2.37. The summed E-state index contributed by atoms with van der Waals surface area (Å²) < 4.78 is 44.9. The number of sulfonamides is 1. The summed E-state index contributed by atoms with van der Waals surface area (Å²) in [6, 6.07) is 18.9. The van der Waals surface area contributed by atoms with Crippen LogP contribution in [0, 0.1) is 6.92 Å². The minimum atomic E-state index is -3.91. The van der Waals surface area contributed by atoms with Crippen molar-refractivity contribution in [2.45, 2.75) is 24.5 Å². The fourth-order valence-corrected chi connectivity index (χ4v) is 5.45. The summed E-state index contributed by atoms with van der Waals surface area (Å²) in [5.74, 6) is 1.16. The molecular formula is C26H28N2O6S. The van der Waals surface area contributed by atoms with Crippen LogP contribution >= 0.6 is 0 Å². The molecule has 1 atom stereocenters. The molecule has 35 heavy (non-hydrogen) atoms. The number of benzene rings is 3. The molecule has 0 saturated heterocycles. The standard InChI is InChI=1S/C26H28N2O6S/c1-18-9-12-20(13-10-18)35(30,31)28-17-25(34-22-8-6-5-7-21(22)28)26(29)27(2)16-19-11-14-23(32-3)24(15-19)33-4/h5-15,25H,16-17H2,1-4H3. The molecule has 0 bridgehead atoms. The number of aryl methyl sites for hydroxylation is 1. The molecule has 1 heterocycles. The van der Waals surface area contributed by atoms with Gasteiger partial charge in [0.05, 0.1) is 31.3 Å². The number of amides is 1. The van der Waals surface area contributed by atoms with Gasteiger partial charge in [0, 0.05) is 13.6 Å². The van der Waals surface area contributed by atoms with Gasteiger partial charge < -0.3 is 19.1 Å². The molecule has 0 N–H and O–H groups in total. The highest BCUT2D eigenvalue weighted by molar-refractivity contribution is 7.92. The van der Waals surface area contributed by atoms with Gasteiger partial charge in [-0.1, -0.05) is 35.9 Å². The van der Waals surface area contributed by atoms with Gasteiger partial charge in [-0.3, -0.25) is 9.10 Å². The first-order valence-corrected chi connectivity index (χ1v) is 12.5. The number of hydrogen-bond acceptors (Lipinski definition) is 6. The lowest BCUT2D eigenvalue weighted by molar-refractivity contribution is -0.137. The summed E-state index contributed by atoms with van der Waals surface area (Å²) in [4.78, 5) is 15.0. The number of fused-ring (bicyclic) bond motifs is 1. The maximum atomic E-state index is 13.5. The molecule has 0 fully saturated rings. The summed E-state index contributed by atoms with van der Waals surface area (Å²) in [5, 5.41) is 0. The van der Waals surface area contributed by atoms with Crippen molar-refractivity contribution < 1.29 is 27.4 Å². The Hall–Kier alpha value is -3.72. The normalized spacial score (nSPS) is 15.1. The van der Waals surface area contributed by atoms with E-state index < -0.39 is 16.1 Å². The van der Waals surface area contributed by atoms with Crippen molar-refractivity contribution in [1.29, 1.82) is 0 Å². The Morgan fingerprint density at radius 2 is 1.71 bits per heavy atom. The lowest BCUT2D eigenvalue weighted by Gasteiger charge is -2.36. The topological polar surface area (TPSA) is 85.4 Å². The maximum absolute atomic E-state index is 13.5. The molecule has 9 heteroatoms. The first-order chi connectivity index (χ1) is 16.7. The number of anilines is 1. The number of carbonyl (C=O) groups is 1. The van der Waals surface area contributed by atoms with Crippen molar-refractivity contribution in [3.05, 3.63) is 77.9 Å². The number of hydrogen-bond donors (Lipinski definition) is 0. The largest absolute Gasteiger partial charge is 0.493 e. The second kappa shape index (κ2) is 9.87. The minimum absolute atomic E-state index is 0.137. The van der Waals surface area contributed by atoms with Gasteiger partial charge in [-0.15, -0.1) is 0 Å². The van der Waals surface area contributed by atoms with Crippen molar-refractivity contribution >= 4 is 21.6 Å². The zero-order valence-electron chi connectivity index (χ0n) is 20.1. The van der Waals surface area contributed by atoms with Crippen LogP contribution in [0.15, 0.2) is 71.6 Å². The van der Waals surface area contributed by atoms with Crippen LogP contribution in [0.2, 0.25) is 0 Å². The number of carbonyl (C=O) groups excluding carboxylic acids is 1. The van der Waals surface area contributed by atoms with Gasteiger partial charge in [-0.25, -0.2) is 8.42 Å². The van der Waals surface area contributed by atoms with Crippen LogP contribution in [0.25, 0.3) is 0 Å². The van der Waals surface area contributed by atoms with E-state index in [0.717, 1.165) is 11.1 Å². The Morgan fingerprint density at radius 3 is 2.40 bits per heavy atom. The fraction of sp³-hybridized carbons (Fsp3) is 0.269. The van der Waals surface area contributed by atoms with E-state index in [2.05, 4.69) is 0 Å². The third-order valence-electron chi connectivity index (χ3n) is 5.86. The van der Waals surface area contributed by atoms with Crippen LogP contribution in [0.1, 0.15) is 11.1 Å². The minimum Gasteiger partial charge on any atom is -0.493 e. The molecule has 3 aromatic carbocycles. The van der Waals surface area contributed by atoms with Gasteiger partial charge in [0.1, 0.15) is 5.75 Å². The van der Waals surface area contributed by atoms with Crippen LogP contribution in [0.5, 0.6) is 17.2 Å². The molecule has 0 spiro atoms. The van der Waals surface area contributed by atoms with E-state index in [0.29, 0.717) is 22.9 Å². The molecule has 0 radical (unpaired) electrons. The highest BCUT2D eigenvalue weighted by Gasteiger charge is 2.38. The third-order valence-corrected chi connectivity index (χ3v) is 7.66. The van der Waals surface area contributed by atoms with Gasteiger partial charge >= 0.3 is 0 Å². The molecule has 8 nitrogen and oxygen atoms in total. The Kier molecular flexibility index (Phi) is 6.88. The van der Waals surface area contributed by atoms with Gasteiger partial charge in [0.25, 0.3) is 15.9 Å². The molecule has 184 valence electrons. The van der Waals surface area contributed by atoms with Crippen LogP contribution in [-0.4, -0.2) is 53.1 Å². The van der Waals surface area contributed by atoms with Gasteiger partial charge in [0.15, 0.2) is 17.6 Å². The lowest BCUT2D eigenvalue weighted by Crippen LogP contribution is -2.50. The summed E-state index contributed by atoms with van der Waals surface area (Å²) in [6.45, 7) is 2.04. The molecule has 0 aromatic heterocycles. The van der Waals surface area contributed by atoms with E-state index in [1.807, 2.05) is 13.0 Å². The fourth-order valence-electron chi connectivity index (χ4n) is 3.97. The van der Waals surface area contributed by atoms with Crippen molar-refractivity contribution in [3.8, 4) is 17.2 Å². The number of nitrogens with zero attached hydrogens (tertiary/aromatic N) is 2. The van der Waals surface area contributed by atoms with E-state index in [-0.39, 0.29) is 23.9 Å². The number of methoxy groups -OCH3 is 2. The number of likely N-dealkylation sites (N-methyl/N-ethyl adjacent to an activating group) is 1. The van der Waals surface area contributed by atoms with Crippen molar-refractivity contribution in [2.75, 3.05) is 32.1 Å². The van der Waals surface area contributed by atoms with E-state index in [9.17, 15) is 13.2 Å². The summed E-state index contributed by atoms with van der Waals surface area (Å²) in [6.07, 6.45) is -1.00. The number of rotatable bonds is 7. The zero-order valence-corrected chi connectivity index (χ0v) is 20.9. The van der Waals surface area contributed by atoms with Crippen molar-refractivity contribution in [3.63, 3.8) is 0 Å². The van der Waals surface area contributed by atoms with E-state index >= 15 is 0 Å². The van der Waals surface area contributed by atoms with Gasteiger partial charge in [-0.05, 0) is 48.9 Å². The van der Waals surface area contributed by atoms with Crippen LogP contribution in [0.4, 0.5) is 5.69 Å². The summed E-state index contributed by atoms with van der Waals surface area (Å²) in [5.41, 5.74) is 2.19. The van der Waals surface area contributed by atoms with Crippen LogP contribution in [0.3, 0.4) is 0 Å². The highest BCUT2D eigenvalue weighted by atomic mass is 32.2. The summed E-state index contributed by atoms with van der Waals surface area (Å²) in [7, 11) is 0.853. The lowest BCUT2D eigenvalue weighted by atomic mass is 10.1. The molecule has 0 aliphatic carbocycles.